The average molecular weight is 325 g/mol. The van der Waals surface area contributed by atoms with Crippen LogP contribution < -0.4 is 5.32 Å². The predicted octanol–water partition coefficient (Wildman–Crippen LogP) is 3.66. The van der Waals surface area contributed by atoms with Gasteiger partial charge in [-0.1, -0.05) is 18.2 Å². The molecule has 0 saturated carbocycles. The number of fused-ring (bicyclic) bond motifs is 1. The minimum Gasteiger partial charge on any atom is -0.464 e. The number of aromatic nitrogens is 2. The molecule has 1 aliphatic rings. The average Bonchev–Trinajstić information content (AvgIpc) is 3.27. The van der Waals surface area contributed by atoms with Gasteiger partial charge in [0.2, 0.25) is 0 Å². The van der Waals surface area contributed by atoms with Crippen molar-refractivity contribution in [3.05, 3.63) is 54.0 Å². The third kappa shape index (κ3) is 2.97. The van der Waals surface area contributed by atoms with E-state index in [2.05, 4.69) is 29.6 Å². The fourth-order valence-electron chi connectivity index (χ4n) is 3.43. The third-order valence-electron chi connectivity index (χ3n) is 4.74. The van der Waals surface area contributed by atoms with Crippen molar-refractivity contribution in [2.45, 2.75) is 45.0 Å². The first-order valence-electron chi connectivity index (χ1n) is 8.67. The Labute approximate surface area is 141 Å². The van der Waals surface area contributed by atoms with E-state index >= 15 is 0 Å². The maximum Gasteiger partial charge on any atom is 0.134 e. The number of furan rings is 1. The minimum atomic E-state index is 0.0669. The highest BCUT2D eigenvalue weighted by molar-refractivity contribution is 5.80. The first-order chi connectivity index (χ1) is 11.8. The van der Waals surface area contributed by atoms with Crippen LogP contribution in [0, 0.1) is 0 Å². The summed E-state index contributed by atoms with van der Waals surface area (Å²) in [6, 6.07) is 8.45. The molecule has 126 valence electrons. The molecular weight excluding hydrogens is 302 g/mol. The second-order valence-electron chi connectivity index (χ2n) is 6.31. The molecule has 1 aliphatic heterocycles. The minimum absolute atomic E-state index is 0.0669. The van der Waals surface area contributed by atoms with Gasteiger partial charge in [0.15, 0.2) is 0 Å². The van der Waals surface area contributed by atoms with E-state index in [9.17, 15) is 0 Å². The summed E-state index contributed by atoms with van der Waals surface area (Å²) < 4.78 is 13.6. The molecule has 0 radical (unpaired) electrons. The van der Waals surface area contributed by atoms with Crippen LogP contribution >= 0.6 is 0 Å². The Morgan fingerprint density at radius 2 is 2.25 bits per heavy atom. The van der Waals surface area contributed by atoms with Gasteiger partial charge in [0, 0.05) is 48.4 Å². The molecule has 3 aromatic rings. The van der Waals surface area contributed by atoms with E-state index in [-0.39, 0.29) is 6.10 Å². The summed E-state index contributed by atoms with van der Waals surface area (Å²) in [6.07, 6.45) is 8.14. The van der Waals surface area contributed by atoms with Crippen molar-refractivity contribution in [2.24, 2.45) is 0 Å². The molecule has 0 aliphatic carbocycles. The third-order valence-corrected chi connectivity index (χ3v) is 4.74. The van der Waals surface area contributed by atoms with Gasteiger partial charge >= 0.3 is 0 Å². The summed E-state index contributed by atoms with van der Waals surface area (Å²) in [6.45, 7) is 4.57. The molecule has 2 atom stereocenters. The number of ether oxygens (including phenoxy) is 1. The number of para-hydroxylation sites is 1. The maximum atomic E-state index is 6.05. The Kier molecular flexibility index (Phi) is 4.36. The van der Waals surface area contributed by atoms with Crippen molar-refractivity contribution < 1.29 is 9.15 Å². The van der Waals surface area contributed by atoms with Crippen LogP contribution in [0.1, 0.15) is 37.0 Å². The SMILES string of the molecule is CCn1cc([C@H]2OCCC[C@@H]2NCc2coc3ccccc23)cn1. The van der Waals surface area contributed by atoms with E-state index in [1.54, 1.807) is 0 Å². The van der Waals surface area contributed by atoms with Crippen LogP contribution in [0.15, 0.2) is 47.3 Å². The van der Waals surface area contributed by atoms with Crippen LogP contribution in [-0.2, 0) is 17.8 Å². The van der Waals surface area contributed by atoms with Crippen LogP contribution in [-0.4, -0.2) is 22.4 Å². The highest BCUT2D eigenvalue weighted by Gasteiger charge is 2.28. The number of benzene rings is 1. The number of aryl methyl sites for hydroxylation is 1. The number of hydrogen-bond acceptors (Lipinski definition) is 4. The molecule has 4 rings (SSSR count). The number of nitrogens with one attached hydrogen (secondary N) is 1. The van der Waals surface area contributed by atoms with Crippen molar-refractivity contribution in [2.75, 3.05) is 6.61 Å². The van der Waals surface area contributed by atoms with E-state index in [1.807, 2.05) is 35.3 Å². The molecule has 0 spiro atoms. The molecule has 1 N–H and O–H groups in total. The van der Waals surface area contributed by atoms with E-state index in [0.717, 1.165) is 43.7 Å². The lowest BCUT2D eigenvalue weighted by atomic mass is 9.98. The molecule has 0 bridgehead atoms. The lowest BCUT2D eigenvalue weighted by Crippen LogP contribution is -2.39. The predicted molar refractivity (Wildman–Crippen MR) is 92.7 cm³/mol. The Hall–Kier alpha value is -2.11. The zero-order valence-corrected chi connectivity index (χ0v) is 13.9. The van der Waals surface area contributed by atoms with Crippen LogP contribution in [0.5, 0.6) is 0 Å². The highest BCUT2D eigenvalue weighted by atomic mass is 16.5. The molecular formula is C19H23N3O2. The molecule has 0 amide bonds. The fraction of sp³-hybridized carbons (Fsp3) is 0.421. The first-order valence-corrected chi connectivity index (χ1v) is 8.67. The van der Waals surface area contributed by atoms with Crippen molar-refractivity contribution in [1.82, 2.24) is 15.1 Å². The smallest absolute Gasteiger partial charge is 0.134 e. The fourth-order valence-corrected chi connectivity index (χ4v) is 3.43. The molecule has 5 nitrogen and oxygen atoms in total. The number of nitrogens with zero attached hydrogens (tertiary/aromatic N) is 2. The second kappa shape index (κ2) is 6.79. The molecule has 24 heavy (non-hydrogen) atoms. The van der Waals surface area contributed by atoms with Gasteiger partial charge in [-0.2, -0.15) is 5.10 Å². The first kappa shape index (κ1) is 15.4. The maximum absolute atomic E-state index is 6.05. The Morgan fingerprint density at radius 3 is 3.12 bits per heavy atom. The van der Waals surface area contributed by atoms with Gasteiger partial charge in [0.05, 0.1) is 12.5 Å². The molecule has 2 aromatic heterocycles. The van der Waals surface area contributed by atoms with E-state index < -0.39 is 0 Å². The summed E-state index contributed by atoms with van der Waals surface area (Å²) in [4.78, 5) is 0. The second-order valence-corrected chi connectivity index (χ2v) is 6.31. The van der Waals surface area contributed by atoms with Gasteiger partial charge < -0.3 is 14.5 Å². The zero-order valence-electron chi connectivity index (χ0n) is 13.9. The zero-order chi connectivity index (χ0) is 16.4. The molecule has 1 aromatic carbocycles. The molecule has 3 heterocycles. The van der Waals surface area contributed by atoms with Crippen molar-refractivity contribution >= 4 is 11.0 Å². The van der Waals surface area contributed by atoms with E-state index in [1.165, 1.54) is 10.9 Å². The van der Waals surface area contributed by atoms with Gasteiger partial charge in [0.1, 0.15) is 11.7 Å². The summed E-state index contributed by atoms with van der Waals surface area (Å²) in [5, 5.41) is 9.24. The van der Waals surface area contributed by atoms with Crippen LogP contribution in [0.3, 0.4) is 0 Å². The molecule has 0 unspecified atom stereocenters. The lowest BCUT2D eigenvalue weighted by molar-refractivity contribution is -0.0112. The van der Waals surface area contributed by atoms with Gasteiger partial charge in [0.25, 0.3) is 0 Å². The van der Waals surface area contributed by atoms with Crippen molar-refractivity contribution in [3.63, 3.8) is 0 Å². The van der Waals surface area contributed by atoms with Gasteiger partial charge in [-0.25, -0.2) is 0 Å². The summed E-state index contributed by atoms with van der Waals surface area (Å²) >= 11 is 0. The molecule has 1 saturated heterocycles. The Morgan fingerprint density at radius 1 is 1.33 bits per heavy atom. The monoisotopic (exact) mass is 325 g/mol. The Bertz CT molecular complexity index is 808. The topological polar surface area (TPSA) is 52.2 Å². The Balaban J connectivity index is 1.49. The summed E-state index contributed by atoms with van der Waals surface area (Å²) in [7, 11) is 0. The van der Waals surface area contributed by atoms with Crippen LogP contribution in [0.4, 0.5) is 0 Å². The molecule has 1 fully saturated rings. The lowest BCUT2D eigenvalue weighted by Gasteiger charge is -2.32. The van der Waals surface area contributed by atoms with E-state index in [4.69, 9.17) is 9.15 Å². The van der Waals surface area contributed by atoms with Crippen molar-refractivity contribution in [1.29, 1.82) is 0 Å². The highest BCUT2D eigenvalue weighted by Crippen LogP contribution is 2.29. The standard InChI is InChI=1S/C19H23N3O2/c1-2-22-12-14(11-21-22)19-17(7-5-9-23-19)20-10-15-13-24-18-8-4-3-6-16(15)18/h3-4,6,8,11-13,17,19-20H,2,5,7,9-10H2,1H3/t17-,19+/m0/s1. The van der Waals surface area contributed by atoms with Gasteiger partial charge in [-0.3, -0.25) is 4.68 Å². The number of rotatable bonds is 5. The van der Waals surface area contributed by atoms with E-state index in [0.29, 0.717) is 6.04 Å². The van der Waals surface area contributed by atoms with Gasteiger partial charge in [-0.05, 0) is 25.8 Å². The molecule has 5 heteroatoms. The number of hydrogen-bond donors (Lipinski definition) is 1. The van der Waals surface area contributed by atoms with Crippen LogP contribution in [0.2, 0.25) is 0 Å². The quantitative estimate of drug-likeness (QED) is 0.778. The van der Waals surface area contributed by atoms with Crippen LogP contribution in [0.25, 0.3) is 11.0 Å². The normalized spacial score (nSPS) is 21.4. The van der Waals surface area contributed by atoms with Gasteiger partial charge in [-0.15, -0.1) is 0 Å². The van der Waals surface area contributed by atoms with Crippen molar-refractivity contribution in [3.8, 4) is 0 Å². The summed E-state index contributed by atoms with van der Waals surface area (Å²) in [5.41, 5.74) is 3.29. The largest absolute Gasteiger partial charge is 0.464 e. The summed E-state index contributed by atoms with van der Waals surface area (Å²) in [5.74, 6) is 0.